The Morgan fingerprint density at radius 3 is 2.32 bits per heavy atom. The Bertz CT molecular complexity index is 275. The topological polar surface area (TPSA) is 29.5 Å². The standard InChI is InChI=1S/C16H31NO2/c1-6-14(16(2,3)4)13-7-10-17(11-8-13)15(18)9-12-19-5/h13-14H,6-12H2,1-5H3. The minimum absolute atomic E-state index is 0.254. The van der Waals surface area contributed by atoms with Gasteiger partial charge in [-0.2, -0.15) is 0 Å². The summed E-state index contributed by atoms with van der Waals surface area (Å²) in [6.07, 6.45) is 4.09. The summed E-state index contributed by atoms with van der Waals surface area (Å²) in [5, 5.41) is 0. The molecule has 1 fully saturated rings. The van der Waals surface area contributed by atoms with E-state index in [4.69, 9.17) is 4.74 Å². The smallest absolute Gasteiger partial charge is 0.224 e. The van der Waals surface area contributed by atoms with Crippen molar-refractivity contribution in [3.05, 3.63) is 0 Å². The van der Waals surface area contributed by atoms with E-state index >= 15 is 0 Å². The van der Waals surface area contributed by atoms with Crippen LogP contribution in [0.15, 0.2) is 0 Å². The molecule has 0 radical (unpaired) electrons. The van der Waals surface area contributed by atoms with Crippen LogP contribution in [0, 0.1) is 17.3 Å². The van der Waals surface area contributed by atoms with Gasteiger partial charge in [-0.05, 0) is 30.1 Å². The van der Waals surface area contributed by atoms with E-state index < -0.39 is 0 Å². The van der Waals surface area contributed by atoms with Crippen molar-refractivity contribution in [2.45, 2.75) is 53.4 Å². The Kier molecular flexibility index (Phi) is 6.31. The Morgan fingerprint density at radius 2 is 1.89 bits per heavy atom. The van der Waals surface area contributed by atoms with Crippen molar-refractivity contribution in [2.24, 2.45) is 17.3 Å². The molecule has 0 aromatic rings. The normalized spacial score (nSPS) is 19.5. The molecule has 1 saturated heterocycles. The summed E-state index contributed by atoms with van der Waals surface area (Å²) in [4.78, 5) is 14.0. The fraction of sp³-hybridized carbons (Fsp3) is 0.938. The molecule has 19 heavy (non-hydrogen) atoms. The van der Waals surface area contributed by atoms with Gasteiger partial charge in [0.25, 0.3) is 0 Å². The number of piperidine rings is 1. The third-order valence-corrected chi connectivity index (χ3v) is 4.53. The van der Waals surface area contributed by atoms with Crippen LogP contribution in [0.25, 0.3) is 0 Å². The molecule has 1 rings (SSSR count). The van der Waals surface area contributed by atoms with Crippen LogP contribution in [0.3, 0.4) is 0 Å². The van der Waals surface area contributed by atoms with Crippen LogP contribution in [0.4, 0.5) is 0 Å². The molecule has 1 unspecified atom stereocenters. The number of carbonyl (C=O) groups excluding carboxylic acids is 1. The number of hydrogen-bond donors (Lipinski definition) is 0. The zero-order valence-electron chi connectivity index (χ0n) is 13.4. The van der Waals surface area contributed by atoms with Crippen molar-refractivity contribution >= 4 is 5.91 Å². The van der Waals surface area contributed by atoms with Gasteiger partial charge in [-0.3, -0.25) is 4.79 Å². The number of ether oxygens (including phenoxy) is 1. The Morgan fingerprint density at radius 1 is 1.32 bits per heavy atom. The first kappa shape index (κ1) is 16.5. The van der Waals surface area contributed by atoms with Gasteiger partial charge in [0, 0.05) is 20.2 Å². The lowest BCUT2D eigenvalue weighted by atomic mass is 9.69. The lowest BCUT2D eigenvalue weighted by molar-refractivity contribution is -0.134. The van der Waals surface area contributed by atoms with Gasteiger partial charge in [-0.1, -0.05) is 34.1 Å². The second-order valence-corrected chi connectivity index (χ2v) is 6.84. The van der Waals surface area contributed by atoms with Gasteiger partial charge in [0.05, 0.1) is 13.0 Å². The highest BCUT2D eigenvalue weighted by molar-refractivity contribution is 5.76. The number of rotatable bonds is 5. The first-order valence-electron chi connectivity index (χ1n) is 7.66. The third kappa shape index (κ3) is 4.79. The van der Waals surface area contributed by atoms with Crippen molar-refractivity contribution in [1.82, 2.24) is 4.90 Å². The number of methoxy groups -OCH3 is 1. The SMILES string of the molecule is CCC(C1CCN(C(=O)CCOC)CC1)C(C)(C)C. The molecule has 1 heterocycles. The fourth-order valence-electron chi connectivity index (χ4n) is 3.55. The molecule has 3 heteroatoms. The van der Waals surface area contributed by atoms with Crippen molar-refractivity contribution in [2.75, 3.05) is 26.8 Å². The predicted molar refractivity (Wildman–Crippen MR) is 79.0 cm³/mol. The second-order valence-electron chi connectivity index (χ2n) is 6.84. The van der Waals surface area contributed by atoms with E-state index in [0.717, 1.165) is 37.8 Å². The summed E-state index contributed by atoms with van der Waals surface area (Å²) >= 11 is 0. The highest BCUT2D eigenvalue weighted by Crippen LogP contribution is 2.39. The Labute approximate surface area is 118 Å². The van der Waals surface area contributed by atoms with Crippen LogP contribution in [0.2, 0.25) is 0 Å². The van der Waals surface area contributed by atoms with Gasteiger partial charge in [-0.25, -0.2) is 0 Å². The number of amides is 1. The molecule has 0 aromatic heterocycles. The minimum atomic E-state index is 0.254. The number of nitrogens with zero attached hydrogens (tertiary/aromatic N) is 1. The zero-order valence-corrected chi connectivity index (χ0v) is 13.4. The molecule has 1 aliphatic heterocycles. The molecule has 3 nitrogen and oxygen atoms in total. The van der Waals surface area contributed by atoms with Crippen molar-refractivity contribution in [3.8, 4) is 0 Å². The summed E-state index contributed by atoms with van der Waals surface area (Å²) in [7, 11) is 1.65. The molecule has 1 atom stereocenters. The predicted octanol–water partition coefficient (Wildman–Crippen LogP) is 3.33. The quantitative estimate of drug-likeness (QED) is 0.766. The Hall–Kier alpha value is -0.570. The van der Waals surface area contributed by atoms with E-state index in [1.807, 2.05) is 4.90 Å². The average Bonchev–Trinajstić information content (AvgIpc) is 2.36. The summed E-state index contributed by atoms with van der Waals surface area (Å²) in [5.74, 6) is 1.80. The van der Waals surface area contributed by atoms with Crippen LogP contribution >= 0.6 is 0 Å². The minimum Gasteiger partial charge on any atom is -0.384 e. The van der Waals surface area contributed by atoms with Gasteiger partial charge in [-0.15, -0.1) is 0 Å². The molecule has 0 spiro atoms. The maximum atomic E-state index is 11.9. The average molecular weight is 269 g/mol. The first-order chi connectivity index (χ1) is 8.90. The fourth-order valence-corrected chi connectivity index (χ4v) is 3.55. The lowest BCUT2D eigenvalue weighted by Crippen LogP contribution is -2.42. The summed E-state index contributed by atoms with van der Waals surface area (Å²) in [6, 6.07) is 0. The van der Waals surface area contributed by atoms with E-state index in [9.17, 15) is 4.79 Å². The molecule has 1 aliphatic rings. The molecule has 0 aliphatic carbocycles. The van der Waals surface area contributed by atoms with Crippen molar-refractivity contribution in [1.29, 1.82) is 0 Å². The Balaban J connectivity index is 2.46. The van der Waals surface area contributed by atoms with E-state index in [-0.39, 0.29) is 5.91 Å². The molecular formula is C16H31NO2. The number of hydrogen-bond acceptors (Lipinski definition) is 2. The number of carbonyl (C=O) groups is 1. The largest absolute Gasteiger partial charge is 0.384 e. The lowest BCUT2D eigenvalue weighted by Gasteiger charge is -2.41. The van der Waals surface area contributed by atoms with Gasteiger partial charge in [0.2, 0.25) is 5.91 Å². The molecule has 112 valence electrons. The zero-order chi connectivity index (χ0) is 14.5. The number of likely N-dealkylation sites (tertiary alicyclic amines) is 1. The molecule has 0 N–H and O–H groups in total. The summed E-state index contributed by atoms with van der Waals surface area (Å²) < 4.78 is 4.98. The van der Waals surface area contributed by atoms with Crippen LogP contribution in [-0.4, -0.2) is 37.6 Å². The van der Waals surface area contributed by atoms with E-state index in [1.165, 1.54) is 6.42 Å². The van der Waals surface area contributed by atoms with Crippen LogP contribution < -0.4 is 0 Å². The highest BCUT2D eigenvalue weighted by atomic mass is 16.5. The second kappa shape index (κ2) is 7.28. The van der Waals surface area contributed by atoms with Crippen molar-refractivity contribution in [3.63, 3.8) is 0 Å². The molecule has 1 amide bonds. The van der Waals surface area contributed by atoms with Crippen molar-refractivity contribution < 1.29 is 9.53 Å². The van der Waals surface area contributed by atoms with E-state index in [0.29, 0.717) is 18.4 Å². The van der Waals surface area contributed by atoms with Gasteiger partial charge in [0.1, 0.15) is 0 Å². The van der Waals surface area contributed by atoms with E-state index in [2.05, 4.69) is 27.7 Å². The molecule has 0 aromatic carbocycles. The third-order valence-electron chi connectivity index (χ3n) is 4.53. The highest BCUT2D eigenvalue weighted by Gasteiger charge is 2.33. The maximum absolute atomic E-state index is 11.9. The summed E-state index contributed by atoms with van der Waals surface area (Å²) in [6.45, 7) is 11.7. The van der Waals surface area contributed by atoms with Gasteiger partial charge < -0.3 is 9.64 Å². The molecule has 0 saturated carbocycles. The maximum Gasteiger partial charge on any atom is 0.224 e. The van der Waals surface area contributed by atoms with Crippen LogP contribution in [0.1, 0.15) is 53.4 Å². The van der Waals surface area contributed by atoms with Gasteiger partial charge >= 0.3 is 0 Å². The molecule has 0 bridgehead atoms. The van der Waals surface area contributed by atoms with Crippen LogP contribution in [0.5, 0.6) is 0 Å². The first-order valence-corrected chi connectivity index (χ1v) is 7.66. The molecular weight excluding hydrogens is 238 g/mol. The monoisotopic (exact) mass is 269 g/mol. The van der Waals surface area contributed by atoms with Gasteiger partial charge in [0.15, 0.2) is 0 Å². The summed E-state index contributed by atoms with van der Waals surface area (Å²) in [5.41, 5.74) is 0.377. The van der Waals surface area contributed by atoms with E-state index in [1.54, 1.807) is 7.11 Å². The van der Waals surface area contributed by atoms with Crippen LogP contribution in [-0.2, 0) is 9.53 Å².